The van der Waals surface area contributed by atoms with Crippen LogP contribution in [0.15, 0.2) is 53.4 Å². The van der Waals surface area contributed by atoms with E-state index >= 15 is 0 Å². The lowest BCUT2D eigenvalue weighted by Crippen LogP contribution is -2.35. The van der Waals surface area contributed by atoms with Gasteiger partial charge in [-0.15, -0.1) is 0 Å². The molecule has 1 amide bonds. The minimum atomic E-state index is -3.72. The van der Waals surface area contributed by atoms with E-state index in [0.29, 0.717) is 16.5 Å². The Bertz CT molecular complexity index is 836. The van der Waals surface area contributed by atoms with Gasteiger partial charge in [0, 0.05) is 16.8 Å². The van der Waals surface area contributed by atoms with Crippen molar-refractivity contribution in [2.75, 3.05) is 11.3 Å². The molecule has 0 bridgehead atoms. The molecule has 0 aromatic heterocycles. The Labute approximate surface area is 158 Å². The van der Waals surface area contributed by atoms with Crippen molar-refractivity contribution in [2.45, 2.75) is 31.2 Å². The summed E-state index contributed by atoms with van der Waals surface area (Å²) in [6.45, 7) is 3.76. The highest BCUT2D eigenvalue weighted by Gasteiger charge is 2.14. The standard InChI is InChI=1S/C18H21ClN2O4S/c1-3-13(2)20-18(22)12-25-16-8-10-17(11-9-16)26(23,24)21-15-6-4-14(19)5-7-15/h4-11,13,21H,3,12H2,1-2H3,(H,20,22)/t13-/m0/s1. The van der Waals surface area contributed by atoms with Gasteiger partial charge in [0.05, 0.1) is 4.90 Å². The second kappa shape index (κ2) is 8.91. The fourth-order valence-electron chi connectivity index (χ4n) is 2.01. The summed E-state index contributed by atoms with van der Waals surface area (Å²) >= 11 is 5.79. The van der Waals surface area contributed by atoms with E-state index in [-0.39, 0.29) is 23.5 Å². The summed E-state index contributed by atoms with van der Waals surface area (Å²) in [5.74, 6) is 0.190. The first-order chi connectivity index (χ1) is 12.3. The van der Waals surface area contributed by atoms with Crippen LogP contribution in [-0.4, -0.2) is 27.0 Å². The predicted octanol–water partition coefficient (Wildman–Crippen LogP) is 3.43. The number of amides is 1. The maximum Gasteiger partial charge on any atom is 0.261 e. The largest absolute Gasteiger partial charge is 0.484 e. The molecule has 140 valence electrons. The van der Waals surface area contributed by atoms with E-state index < -0.39 is 10.0 Å². The topological polar surface area (TPSA) is 84.5 Å². The Balaban J connectivity index is 1.97. The zero-order valence-electron chi connectivity index (χ0n) is 14.5. The molecule has 2 N–H and O–H groups in total. The lowest BCUT2D eigenvalue weighted by molar-refractivity contribution is -0.123. The molecule has 1 atom stereocenters. The highest BCUT2D eigenvalue weighted by Crippen LogP contribution is 2.20. The van der Waals surface area contributed by atoms with E-state index in [0.717, 1.165) is 6.42 Å². The van der Waals surface area contributed by atoms with E-state index in [4.69, 9.17) is 16.3 Å². The lowest BCUT2D eigenvalue weighted by Gasteiger charge is -2.12. The molecule has 0 heterocycles. The van der Waals surface area contributed by atoms with Crippen LogP contribution in [0.3, 0.4) is 0 Å². The number of rotatable bonds is 8. The Hall–Kier alpha value is -2.25. The molecule has 0 saturated heterocycles. The van der Waals surface area contributed by atoms with Crippen molar-refractivity contribution >= 4 is 33.2 Å². The lowest BCUT2D eigenvalue weighted by atomic mass is 10.2. The molecule has 0 aliphatic rings. The maximum atomic E-state index is 12.4. The number of nitrogens with one attached hydrogen (secondary N) is 2. The van der Waals surface area contributed by atoms with Crippen LogP contribution in [-0.2, 0) is 14.8 Å². The van der Waals surface area contributed by atoms with E-state index in [1.165, 1.54) is 24.3 Å². The highest BCUT2D eigenvalue weighted by atomic mass is 35.5. The van der Waals surface area contributed by atoms with Gasteiger partial charge in [-0.1, -0.05) is 18.5 Å². The average molecular weight is 397 g/mol. The van der Waals surface area contributed by atoms with Gasteiger partial charge in [0.2, 0.25) is 0 Å². The molecule has 2 aromatic rings. The van der Waals surface area contributed by atoms with E-state index in [2.05, 4.69) is 10.0 Å². The van der Waals surface area contributed by atoms with E-state index in [1.807, 2.05) is 13.8 Å². The summed E-state index contributed by atoms with van der Waals surface area (Å²) in [5, 5.41) is 3.31. The molecule has 0 saturated carbocycles. The van der Waals surface area contributed by atoms with Gasteiger partial charge >= 0.3 is 0 Å². The minimum Gasteiger partial charge on any atom is -0.484 e. The first-order valence-electron chi connectivity index (χ1n) is 8.11. The van der Waals surface area contributed by atoms with Gasteiger partial charge in [-0.3, -0.25) is 9.52 Å². The van der Waals surface area contributed by atoms with Crippen LogP contribution in [0.5, 0.6) is 5.75 Å². The third-order valence-corrected chi connectivity index (χ3v) is 5.27. The second-order valence-electron chi connectivity index (χ2n) is 5.75. The first-order valence-corrected chi connectivity index (χ1v) is 9.97. The summed E-state index contributed by atoms with van der Waals surface area (Å²) in [4.78, 5) is 11.8. The monoisotopic (exact) mass is 396 g/mol. The van der Waals surface area contributed by atoms with Crippen LogP contribution in [0.25, 0.3) is 0 Å². The van der Waals surface area contributed by atoms with Crippen molar-refractivity contribution < 1.29 is 17.9 Å². The first kappa shape index (κ1) is 20.1. The number of ether oxygens (including phenoxy) is 1. The van der Waals surface area contributed by atoms with Crippen molar-refractivity contribution in [1.82, 2.24) is 5.32 Å². The minimum absolute atomic E-state index is 0.0811. The van der Waals surface area contributed by atoms with Gasteiger partial charge < -0.3 is 10.1 Å². The van der Waals surface area contributed by atoms with Crippen LogP contribution in [0.2, 0.25) is 5.02 Å². The molecule has 6 nitrogen and oxygen atoms in total. The number of sulfonamides is 1. The van der Waals surface area contributed by atoms with Crippen LogP contribution in [0.1, 0.15) is 20.3 Å². The van der Waals surface area contributed by atoms with Crippen LogP contribution in [0.4, 0.5) is 5.69 Å². The van der Waals surface area contributed by atoms with Crippen molar-refractivity contribution in [3.05, 3.63) is 53.6 Å². The Kier molecular flexibility index (Phi) is 6.88. The molecule has 0 aliphatic carbocycles. The molecular formula is C18H21ClN2O4S. The van der Waals surface area contributed by atoms with Gasteiger partial charge in [-0.25, -0.2) is 8.42 Å². The quantitative estimate of drug-likeness (QED) is 0.715. The SMILES string of the molecule is CC[C@H](C)NC(=O)COc1ccc(S(=O)(=O)Nc2ccc(Cl)cc2)cc1. The Morgan fingerprint density at radius 2 is 1.73 bits per heavy atom. The third kappa shape index (κ3) is 5.93. The van der Waals surface area contributed by atoms with Gasteiger partial charge in [-0.2, -0.15) is 0 Å². The van der Waals surface area contributed by atoms with Crippen LogP contribution >= 0.6 is 11.6 Å². The molecule has 2 rings (SSSR count). The van der Waals surface area contributed by atoms with Gasteiger partial charge in [0.15, 0.2) is 6.61 Å². The number of anilines is 1. The van der Waals surface area contributed by atoms with Crippen molar-refractivity contribution in [3.63, 3.8) is 0 Å². The number of hydrogen-bond donors (Lipinski definition) is 2. The molecule has 2 aromatic carbocycles. The van der Waals surface area contributed by atoms with Crippen molar-refractivity contribution in [1.29, 1.82) is 0 Å². The van der Waals surface area contributed by atoms with E-state index in [1.54, 1.807) is 24.3 Å². The van der Waals surface area contributed by atoms with Crippen molar-refractivity contribution in [3.8, 4) is 5.75 Å². The maximum absolute atomic E-state index is 12.4. The Morgan fingerprint density at radius 3 is 2.31 bits per heavy atom. The average Bonchev–Trinajstić information content (AvgIpc) is 2.62. The van der Waals surface area contributed by atoms with E-state index in [9.17, 15) is 13.2 Å². The summed E-state index contributed by atoms with van der Waals surface area (Å²) in [6.07, 6.45) is 0.832. The zero-order chi connectivity index (χ0) is 19.2. The second-order valence-corrected chi connectivity index (χ2v) is 7.87. The fourth-order valence-corrected chi connectivity index (χ4v) is 3.20. The number of hydrogen-bond acceptors (Lipinski definition) is 4. The molecule has 8 heteroatoms. The zero-order valence-corrected chi connectivity index (χ0v) is 16.1. The smallest absolute Gasteiger partial charge is 0.261 e. The fraction of sp³-hybridized carbons (Fsp3) is 0.278. The third-order valence-electron chi connectivity index (χ3n) is 3.62. The number of carbonyl (C=O) groups excluding carboxylic acids is 1. The summed E-state index contributed by atoms with van der Waals surface area (Å²) < 4.78 is 32.6. The van der Waals surface area contributed by atoms with Gasteiger partial charge in [0.25, 0.3) is 15.9 Å². The molecule has 26 heavy (non-hydrogen) atoms. The van der Waals surface area contributed by atoms with Crippen LogP contribution in [0, 0.1) is 0 Å². The van der Waals surface area contributed by atoms with Crippen LogP contribution < -0.4 is 14.8 Å². The molecule has 0 fully saturated rings. The summed E-state index contributed by atoms with van der Waals surface area (Å²) in [7, 11) is -3.72. The molecule has 0 radical (unpaired) electrons. The normalized spacial score (nSPS) is 12.3. The predicted molar refractivity (Wildman–Crippen MR) is 102 cm³/mol. The Morgan fingerprint density at radius 1 is 1.12 bits per heavy atom. The summed E-state index contributed by atoms with van der Waals surface area (Å²) in [5.41, 5.74) is 0.413. The van der Waals surface area contributed by atoms with Gasteiger partial charge in [0.1, 0.15) is 5.75 Å². The molecule has 0 spiro atoms. The summed E-state index contributed by atoms with van der Waals surface area (Å²) in [6, 6.07) is 12.3. The number of benzene rings is 2. The molecule has 0 aliphatic heterocycles. The highest BCUT2D eigenvalue weighted by molar-refractivity contribution is 7.92. The molecular weight excluding hydrogens is 376 g/mol. The van der Waals surface area contributed by atoms with Crippen molar-refractivity contribution in [2.24, 2.45) is 0 Å². The number of halogens is 1. The number of carbonyl (C=O) groups is 1. The van der Waals surface area contributed by atoms with Gasteiger partial charge in [-0.05, 0) is 61.9 Å². The molecule has 0 unspecified atom stereocenters.